The van der Waals surface area contributed by atoms with Crippen LogP contribution in [-0.2, 0) is 0 Å². The van der Waals surface area contributed by atoms with Gasteiger partial charge < -0.3 is 10.6 Å². The van der Waals surface area contributed by atoms with E-state index < -0.39 is 0 Å². The summed E-state index contributed by atoms with van der Waals surface area (Å²) in [7, 11) is 0. The van der Waals surface area contributed by atoms with Crippen molar-refractivity contribution in [1.82, 2.24) is 5.32 Å². The lowest BCUT2D eigenvalue weighted by Crippen LogP contribution is -2.27. The normalized spacial score (nSPS) is 11.8. The monoisotopic (exact) mass is 282 g/mol. The van der Waals surface area contributed by atoms with Gasteiger partial charge in [-0.1, -0.05) is 42.0 Å². The highest BCUT2D eigenvalue weighted by molar-refractivity contribution is 6.00. The highest BCUT2D eigenvalue weighted by atomic mass is 16.1. The fourth-order valence-corrected chi connectivity index (χ4v) is 2.29. The third-order valence-corrected chi connectivity index (χ3v) is 3.43. The van der Waals surface area contributed by atoms with Crippen molar-refractivity contribution in [1.29, 1.82) is 0 Å². The Hall–Kier alpha value is -2.29. The van der Waals surface area contributed by atoms with E-state index in [0.29, 0.717) is 5.56 Å². The van der Waals surface area contributed by atoms with Crippen molar-refractivity contribution < 1.29 is 4.79 Å². The molecule has 0 aromatic heterocycles. The number of aryl methyl sites for hydroxylation is 1. The molecule has 0 bridgehead atoms. The Balaban J connectivity index is 2.18. The summed E-state index contributed by atoms with van der Waals surface area (Å²) in [5, 5.41) is 6.30. The molecule has 0 spiro atoms. The summed E-state index contributed by atoms with van der Waals surface area (Å²) in [6, 6.07) is 15.8. The second-order valence-electron chi connectivity index (χ2n) is 5.19. The lowest BCUT2D eigenvalue weighted by atomic mass is 10.1. The number of nitrogens with one attached hydrogen (secondary N) is 2. The van der Waals surface area contributed by atoms with E-state index in [2.05, 4.69) is 10.6 Å². The quantitative estimate of drug-likeness (QED) is 0.872. The fourth-order valence-electron chi connectivity index (χ4n) is 2.29. The molecule has 2 aromatic carbocycles. The number of hydrogen-bond donors (Lipinski definition) is 2. The number of carbonyl (C=O) groups excluding carboxylic acids is 1. The van der Waals surface area contributed by atoms with Crippen LogP contribution in [0, 0.1) is 6.92 Å². The molecule has 1 unspecified atom stereocenters. The van der Waals surface area contributed by atoms with Crippen molar-refractivity contribution in [2.24, 2.45) is 0 Å². The van der Waals surface area contributed by atoms with Crippen LogP contribution in [0.25, 0.3) is 0 Å². The maximum atomic E-state index is 12.5. The minimum atomic E-state index is -0.0500. The van der Waals surface area contributed by atoms with E-state index in [1.807, 2.05) is 69.3 Å². The maximum Gasteiger partial charge on any atom is 0.253 e. The van der Waals surface area contributed by atoms with Crippen molar-refractivity contribution in [3.8, 4) is 0 Å². The average molecular weight is 282 g/mol. The molecule has 110 valence electrons. The summed E-state index contributed by atoms with van der Waals surface area (Å²) in [5.74, 6) is -0.0500. The van der Waals surface area contributed by atoms with Gasteiger partial charge in [0.1, 0.15) is 0 Å². The molecule has 0 aliphatic carbocycles. The lowest BCUT2D eigenvalue weighted by Gasteiger charge is -2.17. The Bertz CT molecular complexity index is 608. The third kappa shape index (κ3) is 3.85. The number of anilines is 1. The second kappa shape index (κ2) is 6.93. The lowest BCUT2D eigenvalue weighted by molar-refractivity contribution is 0.0940. The van der Waals surface area contributed by atoms with Gasteiger partial charge in [-0.3, -0.25) is 4.79 Å². The first-order valence-electron chi connectivity index (χ1n) is 7.32. The molecule has 1 atom stereocenters. The summed E-state index contributed by atoms with van der Waals surface area (Å²) in [5.41, 5.74) is 3.75. The van der Waals surface area contributed by atoms with Crippen LogP contribution < -0.4 is 10.6 Å². The number of rotatable bonds is 5. The summed E-state index contributed by atoms with van der Waals surface area (Å²) >= 11 is 0. The molecule has 3 heteroatoms. The molecule has 0 fully saturated rings. The van der Waals surface area contributed by atoms with Crippen LogP contribution in [0.15, 0.2) is 48.5 Å². The van der Waals surface area contributed by atoms with Gasteiger partial charge in [0.15, 0.2) is 0 Å². The number of benzene rings is 2. The van der Waals surface area contributed by atoms with Crippen LogP contribution >= 0.6 is 0 Å². The van der Waals surface area contributed by atoms with Gasteiger partial charge in [0.05, 0.1) is 11.6 Å². The standard InChI is InChI=1S/C18H22N2O/c1-4-19-17-11-10-13(2)12-16(17)18(21)20-14(3)15-8-6-5-7-9-15/h5-12,14,19H,4H2,1-3H3,(H,20,21). The van der Waals surface area contributed by atoms with Crippen LogP contribution in [0.5, 0.6) is 0 Å². The minimum absolute atomic E-state index is 0.0197. The number of hydrogen-bond acceptors (Lipinski definition) is 2. The zero-order chi connectivity index (χ0) is 15.2. The zero-order valence-electron chi connectivity index (χ0n) is 12.8. The van der Waals surface area contributed by atoms with Gasteiger partial charge in [-0.25, -0.2) is 0 Å². The molecule has 0 aliphatic heterocycles. The zero-order valence-corrected chi connectivity index (χ0v) is 12.8. The topological polar surface area (TPSA) is 41.1 Å². The van der Waals surface area contributed by atoms with E-state index in [4.69, 9.17) is 0 Å². The molecular weight excluding hydrogens is 260 g/mol. The molecule has 0 aliphatic rings. The van der Waals surface area contributed by atoms with Crippen LogP contribution in [0.4, 0.5) is 5.69 Å². The predicted octanol–water partition coefficient (Wildman–Crippen LogP) is 3.92. The van der Waals surface area contributed by atoms with Crippen LogP contribution in [0.2, 0.25) is 0 Å². The Morgan fingerprint density at radius 3 is 2.52 bits per heavy atom. The van der Waals surface area contributed by atoms with E-state index in [-0.39, 0.29) is 11.9 Å². The third-order valence-electron chi connectivity index (χ3n) is 3.43. The summed E-state index contributed by atoms with van der Waals surface area (Å²) in [6.07, 6.45) is 0. The van der Waals surface area contributed by atoms with Crippen LogP contribution in [-0.4, -0.2) is 12.5 Å². The van der Waals surface area contributed by atoms with Crippen LogP contribution in [0.3, 0.4) is 0 Å². The first kappa shape index (κ1) is 15.1. The van der Waals surface area contributed by atoms with E-state index in [9.17, 15) is 4.79 Å². The molecule has 0 saturated carbocycles. The second-order valence-corrected chi connectivity index (χ2v) is 5.19. The Morgan fingerprint density at radius 2 is 1.86 bits per heavy atom. The highest BCUT2D eigenvalue weighted by Gasteiger charge is 2.14. The van der Waals surface area contributed by atoms with Crippen molar-refractivity contribution in [3.05, 3.63) is 65.2 Å². The molecule has 0 radical (unpaired) electrons. The van der Waals surface area contributed by atoms with Crippen molar-refractivity contribution in [2.45, 2.75) is 26.8 Å². The molecule has 0 saturated heterocycles. The summed E-state index contributed by atoms with van der Waals surface area (Å²) in [6.45, 7) is 6.80. The molecule has 21 heavy (non-hydrogen) atoms. The van der Waals surface area contributed by atoms with Gasteiger partial charge in [0, 0.05) is 12.2 Å². The molecule has 3 nitrogen and oxygen atoms in total. The van der Waals surface area contributed by atoms with Crippen LogP contribution in [0.1, 0.15) is 41.4 Å². The van der Waals surface area contributed by atoms with Gasteiger partial charge in [0.25, 0.3) is 5.91 Å². The molecule has 2 rings (SSSR count). The highest BCUT2D eigenvalue weighted by Crippen LogP contribution is 2.19. The van der Waals surface area contributed by atoms with E-state index >= 15 is 0 Å². The average Bonchev–Trinajstić information content (AvgIpc) is 2.50. The van der Waals surface area contributed by atoms with Gasteiger partial charge >= 0.3 is 0 Å². The number of carbonyl (C=O) groups is 1. The summed E-state index contributed by atoms with van der Waals surface area (Å²) < 4.78 is 0. The molecular formula is C18H22N2O. The molecule has 2 N–H and O–H groups in total. The first-order chi connectivity index (χ1) is 10.1. The van der Waals surface area contributed by atoms with E-state index in [0.717, 1.165) is 23.4 Å². The minimum Gasteiger partial charge on any atom is -0.385 e. The predicted molar refractivity (Wildman–Crippen MR) is 87.7 cm³/mol. The van der Waals surface area contributed by atoms with Crippen molar-refractivity contribution in [3.63, 3.8) is 0 Å². The number of amides is 1. The van der Waals surface area contributed by atoms with Gasteiger partial charge in [-0.05, 0) is 38.5 Å². The molecule has 2 aromatic rings. The Morgan fingerprint density at radius 1 is 1.14 bits per heavy atom. The Kier molecular flexibility index (Phi) is 4.99. The van der Waals surface area contributed by atoms with Gasteiger partial charge in [-0.2, -0.15) is 0 Å². The Labute approximate surface area is 126 Å². The van der Waals surface area contributed by atoms with Gasteiger partial charge in [0.2, 0.25) is 0 Å². The maximum absolute atomic E-state index is 12.5. The first-order valence-corrected chi connectivity index (χ1v) is 7.32. The van der Waals surface area contributed by atoms with Crippen molar-refractivity contribution >= 4 is 11.6 Å². The largest absolute Gasteiger partial charge is 0.385 e. The van der Waals surface area contributed by atoms with Gasteiger partial charge in [-0.15, -0.1) is 0 Å². The molecule has 0 heterocycles. The smallest absolute Gasteiger partial charge is 0.253 e. The summed E-state index contributed by atoms with van der Waals surface area (Å²) in [4.78, 5) is 12.5. The fraction of sp³-hybridized carbons (Fsp3) is 0.278. The van der Waals surface area contributed by atoms with Crippen molar-refractivity contribution in [2.75, 3.05) is 11.9 Å². The van der Waals surface area contributed by atoms with E-state index in [1.54, 1.807) is 0 Å². The van der Waals surface area contributed by atoms with E-state index in [1.165, 1.54) is 0 Å². The molecule has 1 amide bonds. The SMILES string of the molecule is CCNc1ccc(C)cc1C(=O)NC(C)c1ccccc1.